The van der Waals surface area contributed by atoms with Crippen LogP contribution < -0.4 is 0 Å². The third-order valence-electron chi connectivity index (χ3n) is 2.25. The molecule has 4 heteroatoms. The first-order valence-electron chi connectivity index (χ1n) is 5.15. The molecule has 2 aromatic rings. The number of benzene rings is 1. The van der Waals surface area contributed by atoms with Gasteiger partial charge in [-0.25, -0.2) is 4.98 Å². The zero-order valence-corrected chi connectivity index (χ0v) is 8.84. The number of nitrogens with one attached hydrogen (secondary N) is 1. The second-order valence-electron chi connectivity index (χ2n) is 3.48. The summed E-state index contributed by atoms with van der Waals surface area (Å²) in [5.41, 5.74) is 0.863. The van der Waals surface area contributed by atoms with Crippen molar-refractivity contribution in [3.63, 3.8) is 0 Å². The van der Waals surface area contributed by atoms with Gasteiger partial charge < -0.3 is 14.8 Å². The number of aromatic nitrogens is 2. The predicted molar refractivity (Wildman–Crippen MR) is 59.6 cm³/mol. The first kappa shape index (κ1) is 10.9. The Balaban J connectivity index is 1.78. The van der Waals surface area contributed by atoms with Crippen molar-refractivity contribution in [2.24, 2.45) is 0 Å². The number of rotatable bonds is 5. The Morgan fingerprint density at radius 2 is 2.12 bits per heavy atom. The van der Waals surface area contributed by atoms with Crippen molar-refractivity contribution < 1.29 is 9.84 Å². The molecule has 1 aromatic heterocycles. The van der Waals surface area contributed by atoms with Crippen LogP contribution in [0, 0.1) is 0 Å². The summed E-state index contributed by atoms with van der Waals surface area (Å²) in [4.78, 5) is 6.96. The quantitative estimate of drug-likeness (QED) is 0.802. The minimum Gasteiger partial charge on any atom is -0.386 e. The first-order chi connectivity index (χ1) is 7.86. The van der Waals surface area contributed by atoms with Crippen LogP contribution >= 0.6 is 0 Å². The summed E-state index contributed by atoms with van der Waals surface area (Å²) in [6, 6.07) is 9.46. The molecule has 0 spiro atoms. The molecular formula is C12H14N2O2. The highest BCUT2D eigenvalue weighted by Crippen LogP contribution is 2.12. The molecule has 0 radical (unpaired) electrons. The van der Waals surface area contributed by atoms with Gasteiger partial charge in [0.1, 0.15) is 18.5 Å². The number of nitrogens with zero attached hydrogens (tertiary/aromatic N) is 1. The number of imidazole rings is 1. The normalized spacial score (nSPS) is 12.6. The van der Waals surface area contributed by atoms with Crippen LogP contribution in [0.15, 0.2) is 42.7 Å². The highest BCUT2D eigenvalue weighted by Gasteiger charge is 2.06. The van der Waals surface area contributed by atoms with E-state index in [-0.39, 0.29) is 6.61 Å². The minimum atomic E-state index is -0.587. The molecule has 0 bridgehead atoms. The molecular weight excluding hydrogens is 204 g/mol. The lowest BCUT2D eigenvalue weighted by Crippen LogP contribution is -2.07. The van der Waals surface area contributed by atoms with Crippen molar-refractivity contribution >= 4 is 0 Å². The van der Waals surface area contributed by atoms with E-state index in [0.29, 0.717) is 6.61 Å². The second-order valence-corrected chi connectivity index (χ2v) is 3.48. The average Bonchev–Trinajstić information content (AvgIpc) is 2.83. The number of H-pyrrole nitrogens is 1. The van der Waals surface area contributed by atoms with E-state index in [1.165, 1.54) is 0 Å². The van der Waals surface area contributed by atoms with Gasteiger partial charge in [0.25, 0.3) is 0 Å². The van der Waals surface area contributed by atoms with E-state index in [1.54, 1.807) is 12.4 Å². The standard InChI is InChI=1S/C12H14N2O2/c15-11(10-4-2-1-3-5-10)8-16-9-12-13-6-7-14-12/h1-7,11,15H,8-9H2,(H,13,14). The molecule has 0 saturated heterocycles. The average molecular weight is 218 g/mol. The van der Waals surface area contributed by atoms with E-state index in [2.05, 4.69) is 9.97 Å². The third-order valence-corrected chi connectivity index (χ3v) is 2.25. The molecule has 2 rings (SSSR count). The topological polar surface area (TPSA) is 58.1 Å². The number of hydrogen-bond acceptors (Lipinski definition) is 3. The van der Waals surface area contributed by atoms with Gasteiger partial charge in [0.2, 0.25) is 0 Å². The summed E-state index contributed by atoms with van der Waals surface area (Å²) in [7, 11) is 0. The number of hydrogen-bond donors (Lipinski definition) is 2. The van der Waals surface area contributed by atoms with Gasteiger partial charge in [0.15, 0.2) is 0 Å². The van der Waals surface area contributed by atoms with Gasteiger partial charge in [0.05, 0.1) is 6.61 Å². The Labute approximate surface area is 93.9 Å². The van der Waals surface area contributed by atoms with Crippen molar-refractivity contribution in [3.8, 4) is 0 Å². The monoisotopic (exact) mass is 218 g/mol. The summed E-state index contributed by atoms with van der Waals surface area (Å²) in [5, 5.41) is 9.79. The van der Waals surface area contributed by atoms with Gasteiger partial charge in [-0.3, -0.25) is 0 Å². The molecule has 16 heavy (non-hydrogen) atoms. The van der Waals surface area contributed by atoms with Crippen molar-refractivity contribution in [1.82, 2.24) is 9.97 Å². The Bertz CT molecular complexity index is 400. The first-order valence-corrected chi connectivity index (χ1v) is 5.15. The molecule has 1 unspecified atom stereocenters. The summed E-state index contributed by atoms with van der Waals surface area (Å²) in [5.74, 6) is 0.764. The molecule has 0 aliphatic heterocycles. The van der Waals surface area contributed by atoms with Gasteiger partial charge in [-0.15, -0.1) is 0 Å². The molecule has 0 amide bonds. The second kappa shape index (κ2) is 5.44. The van der Waals surface area contributed by atoms with Crippen LogP contribution in [0.5, 0.6) is 0 Å². The molecule has 1 atom stereocenters. The Morgan fingerprint density at radius 3 is 2.81 bits per heavy atom. The van der Waals surface area contributed by atoms with E-state index in [1.807, 2.05) is 30.3 Å². The molecule has 1 heterocycles. The number of aliphatic hydroxyl groups excluding tert-OH is 1. The lowest BCUT2D eigenvalue weighted by molar-refractivity contribution is 0.0254. The molecule has 0 aliphatic rings. The molecule has 0 fully saturated rings. The van der Waals surface area contributed by atoms with E-state index in [0.717, 1.165) is 11.4 Å². The summed E-state index contributed by atoms with van der Waals surface area (Å²) < 4.78 is 5.35. The van der Waals surface area contributed by atoms with Crippen LogP contribution in [0.1, 0.15) is 17.5 Å². The van der Waals surface area contributed by atoms with Gasteiger partial charge in [0, 0.05) is 12.4 Å². The van der Waals surface area contributed by atoms with E-state index >= 15 is 0 Å². The van der Waals surface area contributed by atoms with Crippen LogP contribution in [0.25, 0.3) is 0 Å². The van der Waals surface area contributed by atoms with Gasteiger partial charge in [-0.05, 0) is 5.56 Å². The predicted octanol–water partition coefficient (Wildman–Crippen LogP) is 1.66. The SMILES string of the molecule is OC(COCc1ncc[nH]1)c1ccccc1. The Kier molecular flexibility index (Phi) is 3.69. The number of ether oxygens (including phenoxy) is 1. The molecule has 2 N–H and O–H groups in total. The van der Waals surface area contributed by atoms with E-state index in [9.17, 15) is 5.11 Å². The summed E-state index contributed by atoms with van der Waals surface area (Å²) in [6.07, 6.45) is 2.83. The third kappa shape index (κ3) is 2.92. The zero-order valence-electron chi connectivity index (χ0n) is 8.84. The maximum atomic E-state index is 9.79. The van der Waals surface area contributed by atoms with Gasteiger partial charge in [-0.1, -0.05) is 30.3 Å². The maximum Gasteiger partial charge on any atom is 0.132 e. The number of aliphatic hydroxyl groups is 1. The fourth-order valence-electron chi connectivity index (χ4n) is 1.42. The van der Waals surface area contributed by atoms with Gasteiger partial charge >= 0.3 is 0 Å². The van der Waals surface area contributed by atoms with Crippen LogP contribution in [0.3, 0.4) is 0 Å². The Hall–Kier alpha value is -1.65. The van der Waals surface area contributed by atoms with Crippen molar-refractivity contribution in [1.29, 1.82) is 0 Å². The molecule has 84 valence electrons. The van der Waals surface area contributed by atoms with Crippen molar-refractivity contribution in [3.05, 3.63) is 54.1 Å². The smallest absolute Gasteiger partial charge is 0.132 e. The Morgan fingerprint density at radius 1 is 1.31 bits per heavy atom. The molecule has 0 saturated carbocycles. The van der Waals surface area contributed by atoms with Crippen LogP contribution in [0.2, 0.25) is 0 Å². The molecule has 1 aromatic carbocycles. The number of aromatic amines is 1. The largest absolute Gasteiger partial charge is 0.386 e. The fourth-order valence-corrected chi connectivity index (χ4v) is 1.42. The minimum absolute atomic E-state index is 0.269. The molecule has 0 aliphatic carbocycles. The zero-order chi connectivity index (χ0) is 11.2. The summed E-state index contributed by atoms with van der Waals surface area (Å²) in [6.45, 7) is 0.654. The highest BCUT2D eigenvalue weighted by atomic mass is 16.5. The fraction of sp³-hybridized carbons (Fsp3) is 0.250. The van der Waals surface area contributed by atoms with E-state index < -0.39 is 6.10 Å². The summed E-state index contributed by atoms with van der Waals surface area (Å²) >= 11 is 0. The van der Waals surface area contributed by atoms with Gasteiger partial charge in [-0.2, -0.15) is 0 Å². The van der Waals surface area contributed by atoms with E-state index in [4.69, 9.17) is 4.74 Å². The van der Waals surface area contributed by atoms with Crippen molar-refractivity contribution in [2.75, 3.05) is 6.61 Å². The van der Waals surface area contributed by atoms with Crippen LogP contribution in [-0.2, 0) is 11.3 Å². The van der Waals surface area contributed by atoms with Crippen molar-refractivity contribution in [2.45, 2.75) is 12.7 Å². The maximum absolute atomic E-state index is 9.79. The lowest BCUT2D eigenvalue weighted by Gasteiger charge is -2.10. The van der Waals surface area contributed by atoms with Crippen LogP contribution in [-0.4, -0.2) is 21.7 Å². The molecule has 4 nitrogen and oxygen atoms in total. The van der Waals surface area contributed by atoms with Crippen LogP contribution in [0.4, 0.5) is 0 Å². The highest BCUT2D eigenvalue weighted by molar-refractivity contribution is 5.17. The lowest BCUT2D eigenvalue weighted by atomic mass is 10.1.